The monoisotopic (exact) mass is 229 g/mol. The molecular weight excluding hydrogens is 206 g/mol. The van der Waals surface area contributed by atoms with Crippen LogP contribution in [-0.4, -0.2) is 54.5 Å². The van der Waals surface area contributed by atoms with Crippen LogP contribution < -0.4 is 5.32 Å². The van der Waals surface area contributed by atoms with Gasteiger partial charge in [0.2, 0.25) is 5.91 Å². The van der Waals surface area contributed by atoms with E-state index in [1.54, 1.807) is 11.9 Å². The second-order valence-electron chi connectivity index (χ2n) is 4.03. The summed E-state index contributed by atoms with van der Waals surface area (Å²) in [6.45, 7) is 9.05. The fourth-order valence-electron chi connectivity index (χ4n) is 1.39. The Labute approximate surface area is 97.8 Å². The molecule has 0 aliphatic rings. The normalized spacial score (nSPS) is 10.1. The molecule has 0 heterocycles. The zero-order chi connectivity index (χ0) is 12.7. The van der Waals surface area contributed by atoms with E-state index in [4.69, 9.17) is 0 Å². The van der Waals surface area contributed by atoms with E-state index < -0.39 is 0 Å². The largest absolute Gasteiger partial charge is 0.352 e. The molecule has 0 aliphatic heterocycles. The van der Waals surface area contributed by atoms with Crippen LogP contribution in [0, 0.1) is 0 Å². The predicted octanol–water partition coefficient (Wildman–Crippen LogP) is 0.905. The highest BCUT2D eigenvalue weighted by molar-refractivity contribution is 5.84. The quantitative estimate of drug-likeness (QED) is 0.761. The van der Waals surface area contributed by atoms with Gasteiger partial charge in [0.1, 0.15) is 6.54 Å². The number of nitrogens with one attached hydrogen (secondary N) is 1. The average Bonchev–Trinajstić information content (AvgIpc) is 2.17. The van der Waals surface area contributed by atoms with E-state index in [0.717, 1.165) is 0 Å². The molecule has 0 unspecified atom stereocenters. The van der Waals surface area contributed by atoms with Crippen molar-refractivity contribution >= 4 is 11.9 Å². The molecule has 0 fully saturated rings. The van der Waals surface area contributed by atoms with E-state index in [-0.39, 0.29) is 24.5 Å². The van der Waals surface area contributed by atoms with Crippen molar-refractivity contribution in [3.05, 3.63) is 0 Å². The fourth-order valence-corrected chi connectivity index (χ4v) is 1.39. The van der Waals surface area contributed by atoms with Gasteiger partial charge in [-0.05, 0) is 27.7 Å². The summed E-state index contributed by atoms with van der Waals surface area (Å²) >= 11 is 0. The maximum Gasteiger partial charge on any atom is 0.320 e. The van der Waals surface area contributed by atoms with E-state index in [2.05, 4.69) is 5.32 Å². The molecule has 0 radical (unpaired) electrons. The van der Waals surface area contributed by atoms with Gasteiger partial charge in [-0.25, -0.2) is 4.79 Å². The Balaban J connectivity index is 4.19. The number of likely N-dealkylation sites (N-methyl/N-ethyl adjacent to an activating group) is 1. The van der Waals surface area contributed by atoms with E-state index in [9.17, 15) is 9.59 Å². The van der Waals surface area contributed by atoms with Crippen LogP contribution in [0.5, 0.6) is 0 Å². The first kappa shape index (κ1) is 14.7. The summed E-state index contributed by atoms with van der Waals surface area (Å²) in [5.74, 6) is -0.127. The molecular formula is C11H23N3O2. The highest BCUT2D eigenvalue weighted by Gasteiger charge is 2.17. The molecule has 5 nitrogen and oxygen atoms in total. The number of carbonyl (C=O) groups excluding carboxylic acids is 2. The Hall–Kier alpha value is -1.26. The number of urea groups is 1. The lowest BCUT2D eigenvalue weighted by Gasteiger charge is -2.25. The van der Waals surface area contributed by atoms with Crippen molar-refractivity contribution < 1.29 is 9.59 Å². The summed E-state index contributed by atoms with van der Waals surface area (Å²) in [5.41, 5.74) is 0. The zero-order valence-electron chi connectivity index (χ0n) is 10.9. The second kappa shape index (κ2) is 7.09. The molecule has 16 heavy (non-hydrogen) atoms. The standard InChI is InChI=1S/C11H23N3O2/c1-6-14(7-2)11(16)13(5)8-10(15)12-9(3)4/h9H,6-8H2,1-5H3,(H,12,15). The van der Waals surface area contributed by atoms with Crippen LogP contribution >= 0.6 is 0 Å². The molecule has 0 aromatic carbocycles. The van der Waals surface area contributed by atoms with Crippen LogP contribution in [-0.2, 0) is 4.79 Å². The third kappa shape index (κ3) is 5.00. The number of hydrogen-bond donors (Lipinski definition) is 1. The van der Waals surface area contributed by atoms with Crippen LogP contribution in [0.4, 0.5) is 4.79 Å². The molecule has 1 N–H and O–H groups in total. The molecule has 94 valence electrons. The summed E-state index contributed by atoms with van der Waals surface area (Å²) < 4.78 is 0. The molecule has 0 rings (SSSR count). The minimum atomic E-state index is -0.127. The lowest BCUT2D eigenvalue weighted by molar-refractivity contribution is -0.122. The van der Waals surface area contributed by atoms with Crippen LogP contribution in [0.25, 0.3) is 0 Å². The van der Waals surface area contributed by atoms with Gasteiger partial charge in [-0.1, -0.05) is 0 Å². The van der Waals surface area contributed by atoms with Crippen LogP contribution in [0.1, 0.15) is 27.7 Å². The van der Waals surface area contributed by atoms with Crippen LogP contribution in [0.3, 0.4) is 0 Å². The van der Waals surface area contributed by atoms with Gasteiger partial charge in [-0.3, -0.25) is 4.79 Å². The maximum absolute atomic E-state index is 11.8. The van der Waals surface area contributed by atoms with E-state index in [0.29, 0.717) is 13.1 Å². The maximum atomic E-state index is 11.8. The third-order valence-electron chi connectivity index (χ3n) is 2.19. The van der Waals surface area contributed by atoms with Crippen molar-refractivity contribution in [2.24, 2.45) is 0 Å². The minimum absolute atomic E-state index is 0.101. The van der Waals surface area contributed by atoms with Crippen molar-refractivity contribution in [3.63, 3.8) is 0 Å². The van der Waals surface area contributed by atoms with Gasteiger partial charge < -0.3 is 15.1 Å². The van der Waals surface area contributed by atoms with Gasteiger partial charge in [0.15, 0.2) is 0 Å². The van der Waals surface area contributed by atoms with E-state index >= 15 is 0 Å². The highest BCUT2D eigenvalue weighted by atomic mass is 16.2. The highest BCUT2D eigenvalue weighted by Crippen LogP contribution is 1.96. The summed E-state index contributed by atoms with van der Waals surface area (Å²) in [6.07, 6.45) is 0. The number of amides is 3. The van der Waals surface area contributed by atoms with Gasteiger partial charge in [0.05, 0.1) is 0 Å². The van der Waals surface area contributed by atoms with Gasteiger partial charge in [-0.15, -0.1) is 0 Å². The van der Waals surface area contributed by atoms with Crippen LogP contribution in [0.2, 0.25) is 0 Å². The van der Waals surface area contributed by atoms with Gasteiger partial charge in [-0.2, -0.15) is 0 Å². The predicted molar refractivity (Wildman–Crippen MR) is 64.2 cm³/mol. The summed E-state index contributed by atoms with van der Waals surface area (Å²) in [5, 5.41) is 2.75. The first-order valence-electron chi connectivity index (χ1n) is 5.71. The first-order chi connectivity index (χ1) is 7.42. The number of hydrogen-bond acceptors (Lipinski definition) is 2. The van der Waals surface area contributed by atoms with Crippen molar-refractivity contribution in [3.8, 4) is 0 Å². The first-order valence-corrected chi connectivity index (χ1v) is 5.71. The van der Waals surface area contributed by atoms with Crippen molar-refractivity contribution in [2.45, 2.75) is 33.7 Å². The molecule has 3 amide bonds. The SMILES string of the molecule is CCN(CC)C(=O)N(C)CC(=O)NC(C)C. The molecule has 0 aromatic heterocycles. The lowest BCUT2D eigenvalue weighted by Crippen LogP contribution is -2.46. The summed E-state index contributed by atoms with van der Waals surface area (Å²) in [4.78, 5) is 26.4. The Kier molecular flexibility index (Phi) is 6.53. The van der Waals surface area contributed by atoms with Gasteiger partial charge >= 0.3 is 6.03 Å². The van der Waals surface area contributed by atoms with Crippen molar-refractivity contribution in [1.82, 2.24) is 15.1 Å². The Bertz CT molecular complexity index is 237. The second-order valence-corrected chi connectivity index (χ2v) is 4.03. The average molecular weight is 229 g/mol. The van der Waals surface area contributed by atoms with Crippen molar-refractivity contribution in [2.75, 3.05) is 26.7 Å². The molecule has 0 spiro atoms. The topological polar surface area (TPSA) is 52.7 Å². The lowest BCUT2D eigenvalue weighted by atomic mass is 10.4. The molecule has 0 saturated carbocycles. The Morgan fingerprint density at radius 2 is 1.69 bits per heavy atom. The molecule has 0 bridgehead atoms. The Morgan fingerprint density at radius 3 is 2.06 bits per heavy atom. The van der Waals surface area contributed by atoms with Crippen LogP contribution in [0.15, 0.2) is 0 Å². The molecule has 0 aliphatic carbocycles. The smallest absolute Gasteiger partial charge is 0.320 e. The van der Waals surface area contributed by atoms with E-state index in [1.165, 1.54) is 4.90 Å². The Morgan fingerprint density at radius 1 is 1.19 bits per heavy atom. The third-order valence-corrected chi connectivity index (χ3v) is 2.19. The summed E-state index contributed by atoms with van der Waals surface area (Å²) in [6, 6.07) is -0.00615. The molecule has 0 saturated heterocycles. The van der Waals surface area contributed by atoms with Gasteiger partial charge in [0.25, 0.3) is 0 Å². The zero-order valence-corrected chi connectivity index (χ0v) is 10.9. The number of nitrogens with zero attached hydrogens (tertiary/aromatic N) is 2. The van der Waals surface area contributed by atoms with E-state index in [1.807, 2.05) is 27.7 Å². The minimum Gasteiger partial charge on any atom is -0.352 e. The molecule has 0 aromatic rings. The van der Waals surface area contributed by atoms with Gasteiger partial charge in [0, 0.05) is 26.2 Å². The molecule has 5 heteroatoms. The fraction of sp³-hybridized carbons (Fsp3) is 0.818. The number of rotatable bonds is 5. The number of carbonyl (C=O) groups is 2. The van der Waals surface area contributed by atoms with Crippen molar-refractivity contribution in [1.29, 1.82) is 0 Å². The summed E-state index contributed by atoms with van der Waals surface area (Å²) in [7, 11) is 1.64. The molecule has 0 atom stereocenters.